The van der Waals surface area contributed by atoms with E-state index in [1.165, 1.54) is 0 Å². The van der Waals surface area contributed by atoms with Crippen molar-refractivity contribution in [3.63, 3.8) is 0 Å². The summed E-state index contributed by atoms with van der Waals surface area (Å²) in [7, 11) is 0. The molecule has 0 aliphatic heterocycles. The molecule has 0 amide bonds. The fraction of sp³-hybridized carbons (Fsp3) is 0.364. The second-order valence-electron chi connectivity index (χ2n) is 3.90. The fourth-order valence-corrected chi connectivity index (χ4v) is 1.81. The highest BCUT2D eigenvalue weighted by Gasteiger charge is 2.08. The van der Waals surface area contributed by atoms with Gasteiger partial charge >= 0.3 is 0 Å². The number of nitrogens with one attached hydrogen (secondary N) is 1. The van der Waals surface area contributed by atoms with Gasteiger partial charge in [0.15, 0.2) is 0 Å². The van der Waals surface area contributed by atoms with Crippen LogP contribution in [0.25, 0.3) is 11.0 Å². The van der Waals surface area contributed by atoms with Crippen LogP contribution in [0.2, 0.25) is 5.02 Å². The molecule has 3 heteroatoms. The number of halogens is 1. The normalized spacial score (nSPS) is 11.5. The largest absolute Gasteiger partial charge is 0.342 e. The summed E-state index contributed by atoms with van der Waals surface area (Å²) >= 11 is 5.97. The molecule has 0 spiro atoms. The lowest BCUT2D eigenvalue weighted by atomic mass is 10.2. The number of fused-ring (bicyclic) bond motifs is 1. The van der Waals surface area contributed by atoms with Gasteiger partial charge in [-0.2, -0.15) is 0 Å². The van der Waals surface area contributed by atoms with Crippen molar-refractivity contribution in [3.8, 4) is 0 Å². The summed E-state index contributed by atoms with van der Waals surface area (Å²) in [6.07, 6.45) is 0. The third-order valence-electron chi connectivity index (χ3n) is 2.31. The number of hydrogen-bond donors (Lipinski definition) is 1. The molecular weight excluding hydrogens is 196 g/mol. The van der Waals surface area contributed by atoms with Crippen molar-refractivity contribution in [1.29, 1.82) is 0 Å². The van der Waals surface area contributed by atoms with Gasteiger partial charge in [-0.1, -0.05) is 25.4 Å². The number of rotatable bonds is 1. The minimum absolute atomic E-state index is 0.417. The topological polar surface area (TPSA) is 28.7 Å². The lowest BCUT2D eigenvalue weighted by molar-refractivity contribution is 0.799. The number of hydrogen-bond acceptors (Lipinski definition) is 1. The third-order valence-corrected chi connectivity index (χ3v) is 2.53. The van der Waals surface area contributed by atoms with E-state index in [2.05, 4.69) is 23.8 Å². The van der Waals surface area contributed by atoms with E-state index in [1.807, 2.05) is 19.1 Å². The van der Waals surface area contributed by atoms with Gasteiger partial charge in [-0.3, -0.25) is 0 Å². The molecule has 2 rings (SSSR count). The van der Waals surface area contributed by atoms with Gasteiger partial charge in [0.05, 0.1) is 11.0 Å². The van der Waals surface area contributed by atoms with Crippen LogP contribution in [0.3, 0.4) is 0 Å². The minimum atomic E-state index is 0.417. The second-order valence-corrected chi connectivity index (χ2v) is 4.33. The molecule has 0 saturated carbocycles. The van der Waals surface area contributed by atoms with E-state index in [1.54, 1.807) is 0 Å². The maximum atomic E-state index is 5.97. The Morgan fingerprint density at radius 1 is 1.36 bits per heavy atom. The first-order chi connectivity index (χ1) is 6.58. The molecule has 1 heterocycles. The Morgan fingerprint density at radius 3 is 2.71 bits per heavy atom. The van der Waals surface area contributed by atoms with Crippen LogP contribution < -0.4 is 0 Å². The Kier molecular flexibility index (Phi) is 2.23. The number of aromatic amines is 1. The average Bonchev–Trinajstić information content (AvgIpc) is 2.47. The molecule has 0 atom stereocenters. The van der Waals surface area contributed by atoms with Gasteiger partial charge in [0.25, 0.3) is 0 Å². The van der Waals surface area contributed by atoms with E-state index in [0.29, 0.717) is 5.92 Å². The predicted octanol–water partition coefficient (Wildman–Crippen LogP) is 3.65. The second kappa shape index (κ2) is 3.28. The molecule has 0 fully saturated rings. The van der Waals surface area contributed by atoms with Gasteiger partial charge in [0.1, 0.15) is 5.82 Å². The third kappa shape index (κ3) is 1.50. The van der Waals surface area contributed by atoms with Crippen molar-refractivity contribution < 1.29 is 0 Å². The molecule has 1 N–H and O–H groups in total. The monoisotopic (exact) mass is 208 g/mol. The molecule has 74 valence electrons. The van der Waals surface area contributed by atoms with Gasteiger partial charge in [-0.15, -0.1) is 0 Å². The van der Waals surface area contributed by atoms with Crippen molar-refractivity contribution in [1.82, 2.24) is 9.97 Å². The van der Waals surface area contributed by atoms with E-state index in [-0.39, 0.29) is 0 Å². The maximum Gasteiger partial charge on any atom is 0.109 e. The highest BCUT2D eigenvalue weighted by atomic mass is 35.5. The number of aromatic nitrogens is 2. The van der Waals surface area contributed by atoms with Gasteiger partial charge in [0.2, 0.25) is 0 Å². The van der Waals surface area contributed by atoms with Crippen molar-refractivity contribution in [2.45, 2.75) is 26.7 Å². The zero-order chi connectivity index (χ0) is 10.3. The molecule has 0 bridgehead atoms. The van der Waals surface area contributed by atoms with Crippen molar-refractivity contribution in [2.75, 3.05) is 0 Å². The Bertz CT molecular complexity index is 471. The van der Waals surface area contributed by atoms with Crippen LogP contribution >= 0.6 is 11.6 Å². The van der Waals surface area contributed by atoms with Gasteiger partial charge in [-0.05, 0) is 24.6 Å². The molecule has 2 aromatic rings. The highest BCUT2D eigenvalue weighted by molar-refractivity contribution is 6.31. The first kappa shape index (κ1) is 9.53. The lowest BCUT2D eigenvalue weighted by Crippen LogP contribution is -1.88. The van der Waals surface area contributed by atoms with Crippen LogP contribution in [-0.4, -0.2) is 9.97 Å². The molecule has 2 nitrogen and oxygen atoms in total. The summed E-state index contributed by atoms with van der Waals surface area (Å²) < 4.78 is 0. The van der Waals surface area contributed by atoms with E-state index < -0.39 is 0 Å². The van der Waals surface area contributed by atoms with Crippen LogP contribution in [0, 0.1) is 6.92 Å². The quantitative estimate of drug-likeness (QED) is 0.762. The zero-order valence-corrected chi connectivity index (χ0v) is 9.31. The Labute approximate surface area is 88.3 Å². The highest BCUT2D eigenvalue weighted by Crippen LogP contribution is 2.23. The van der Waals surface area contributed by atoms with Crippen LogP contribution in [0.5, 0.6) is 0 Å². The maximum absolute atomic E-state index is 5.97. The summed E-state index contributed by atoms with van der Waals surface area (Å²) in [6.45, 7) is 6.27. The predicted molar refractivity (Wildman–Crippen MR) is 59.9 cm³/mol. The molecule has 0 aliphatic carbocycles. The number of aryl methyl sites for hydroxylation is 1. The molecule has 0 saturated heterocycles. The van der Waals surface area contributed by atoms with E-state index in [9.17, 15) is 0 Å². The van der Waals surface area contributed by atoms with Crippen LogP contribution in [-0.2, 0) is 0 Å². The van der Waals surface area contributed by atoms with Gasteiger partial charge in [-0.25, -0.2) is 4.98 Å². The van der Waals surface area contributed by atoms with Crippen molar-refractivity contribution in [3.05, 3.63) is 28.5 Å². The summed E-state index contributed by atoms with van der Waals surface area (Å²) in [4.78, 5) is 7.82. The summed E-state index contributed by atoms with van der Waals surface area (Å²) in [5.74, 6) is 1.44. The minimum Gasteiger partial charge on any atom is -0.342 e. The number of benzene rings is 1. The standard InChI is InChI=1S/C11H13ClN2/c1-6(2)11-13-9-5-8(12)4-7(3)10(9)14-11/h4-6H,1-3H3,(H,13,14). The van der Waals surface area contributed by atoms with E-state index in [0.717, 1.165) is 27.4 Å². The molecule has 14 heavy (non-hydrogen) atoms. The zero-order valence-electron chi connectivity index (χ0n) is 8.56. The van der Waals surface area contributed by atoms with Crippen LogP contribution in [0.4, 0.5) is 0 Å². The Balaban J connectivity index is 2.70. The Morgan fingerprint density at radius 2 is 2.07 bits per heavy atom. The number of imidazole rings is 1. The molecule has 0 aliphatic rings. The smallest absolute Gasteiger partial charge is 0.109 e. The van der Waals surface area contributed by atoms with Crippen LogP contribution in [0.1, 0.15) is 31.2 Å². The molecule has 0 unspecified atom stereocenters. The SMILES string of the molecule is Cc1cc(Cl)cc2[nH]c(C(C)C)nc12. The molecule has 0 radical (unpaired) electrons. The first-order valence-electron chi connectivity index (χ1n) is 4.73. The average molecular weight is 209 g/mol. The molecular formula is C11H13ClN2. The Hall–Kier alpha value is -1.02. The lowest BCUT2D eigenvalue weighted by Gasteiger charge is -1.95. The summed E-state index contributed by atoms with van der Waals surface area (Å²) in [5, 5.41) is 0.758. The van der Waals surface area contributed by atoms with Gasteiger partial charge < -0.3 is 4.98 Å². The number of H-pyrrole nitrogens is 1. The number of nitrogens with zero attached hydrogens (tertiary/aromatic N) is 1. The van der Waals surface area contributed by atoms with E-state index >= 15 is 0 Å². The molecule has 1 aromatic carbocycles. The fourth-order valence-electron chi connectivity index (χ4n) is 1.54. The van der Waals surface area contributed by atoms with Crippen molar-refractivity contribution >= 4 is 22.6 Å². The van der Waals surface area contributed by atoms with Gasteiger partial charge in [0, 0.05) is 10.9 Å². The molecule has 1 aromatic heterocycles. The summed E-state index contributed by atoms with van der Waals surface area (Å²) in [5.41, 5.74) is 3.17. The van der Waals surface area contributed by atoms with E-state index in [4.69, 9.17) is 11.6 Å². The first-order valence-corrected chi connectivity index (χ1v) is 5.11. The van der Waals surface area contributed by atoms with Crippen molar-refractivity contribution in [2.24, 2.45) is 0 Å². The van der Waals surface area contributed by atoms with Crippen LogP contribution in [0.15, 0.2) is 12.1 Å². The summed E-state index contributed by atoms with van der Waals surface area (Å²) in [6, 6.07) is 3.86.